The quantitative estimate of drug-likeness (QED) is 0.265. The van der Waals surface area contributed by atoms with Crippen LogP contribution in [0, 0.1) is 6.92 Å². The molecule has 0 heterocycles. The number of ether oxygens (including phenoxy) is 2. The second-order valence-electron chi connectivity index (χ2n) is 6.39. The van der Waals surface area contributed by atoms with E-state index >= 15 is 0 Å². The Hall–Kier alpha value is -3.32. The van der Waals surface area contributed by atoms with E-state index in [1.165, 1.54) is 6.21 Å². The molecule has 30 heavy (non-hydrogen) atoms. The molecule has 154 valence electrons. The first-order valence-electron chi connectivity index (χ1n) is 9.37. The lowest BCUT2D eigenvalue weighted by molar-refractivity contribution is 0.217. The van der Waals surface area contributed by atoms with Crippen LogP contribution in [-0.4, -0.2) is 25.5 Å². The lowest BCUT2D eigenvalue weighted by atomic mass is 10.2. The van der Waals surface area contributed by atoms with Crippen molar-refractivity contribution < 1.29 is 14.3 Å². The highest BCUT2D eigenvalue weighted by molar-refractivity contribution is 9.10. The lowest BCUT2D eigenvalue weighted by Crippen LogP contribution is -2.24. The number of benzene rings is 3. The van der Waals surface area contributed by atoms with Gasteiger partial charge in [-0.2, -0.15) is 5.10 Å². The summed E-state index contributed by atoms with van der Waals surface area (Å²) in [5.41, 5.74) is 4.99. The molecule has 0 fully saturated rings. The zero-order chi connectivity index (χ0) is 21.2. The number of aryl methyl sites for hydroxylation is 1. The molecule has 0 aliphatic rings. The first-order valence-corrected chi connectivity index (χ1v) is 10.2. The summed E-state index contributed by atoms with van der Waals surface area (Å²) >= 11 is 3.44. The van der Waals surface area contributed by atoms with Crippen LogP contribution in [0.15, 0.2) is 82.4 Å². The standard InChI is InChI=1S/C23H22BrN3O3/c1-17-6-5-9-21(14-17)29-12-13-30-22-11-10-19(24)15-18(22)16-25-27-23(28)26-20-7-3-2-4-8-20/h2-11,14-16H,12-13H2,1H3,(H2,26,27,28)/b25-16-. The van der Waals surface area contributed by atoms with E-state index in [4.69, 9.17) is 9.47 Å². The van der Waals surface area contributed by atoms with Crippen LogP contribution in [0.25, 0.3) is 0 Å². The topological polar surface area (TPSA) is 72.0 Å². The molecule has 0 aromatic heterocycles. The fourth-order valence-electron chi connectivity index (χ4n) is 2.61. The Morgan fingerprint density at radius 2 is 1.80 bits per heavy atom. The Morgan fingerprint density at radius 3 is 2.60 bits per heavy atom. The highest BCUT2D eigenvalue weighted by Gasteiger charge is 2.04. The molecule has 0 aliphatic heterocycles. The minimum Gasteiger partial charge on any atom is -0.490 e. The molecule has 2 amide bonds. The number of halogens is 1. The van der Waals surface area contributed by atoms with Crippen LogP contribution < -0.4 is 20.2 Å². The smallest absolute Gasteiger partial charge is 0.339 e. The number of carbonyl (C=O) groups excluding carboxylic acids is 1. The molecule has 6 nitrogen and oxygen atoms in total. The number of anilines is 1. The molecule has 0 radical (unpaired) electrons. The maximum absolute atomic E-state index is 11.9. The molecule has 0 atom stereocenters. The average Bonchev–Trinajstić information content (AvgIpc) is 2.73. The van der Waals surface area contributed by atoms with Crippen molar-refractivity contribution in [2.45, 2.75) is 6.92 Å². The van der Waals surface area contributed by atoms with E-state index in [9.17, 15) is 4.79 Å². The summed E-state index contributed by atoms with van der Waals surface area (Å²) in [6, 6.07) is 22.2. The van der Waals surface area contributed by atoms with Gasteiger partial charge in [0.25, 0.3) is 0 Å². The Labute approximate surface area is 184 Å². The van der Waals surface area contributed by atoms with Crippen molar-refractivity contribution in [1.82, 2.24) is 5.43 Å². The minimum absolute atomic E-state index is 0.373. The average molecular weight is 468 g/mol. The van der Waals surface area contributed by atoms with Gasteiger partial charge in [-0.3, -0.25) is 0 Å². The van der Waals surface area contributed by atoms with Gasteiger partial charge < -0.3 is 14.8 Å². The maximum atomic E-state index is 11.9. The molecule has 0 aliphatic carbocycles. The summed E-state index contributed by atoms with van der Waals surface area (Å²) in [5, 5.41) is 6.70. The second kappa shape index (κ2) is 11.0. The van der Waals surface area contributed by atoms with Gasteiger partial charge in [-0.15, -0.1) is 0 Å². The Balaban J connectivity index is 1.52. The summed E-state index contributed by atoms with van der Waals surface area (Å²) < 4.78 is 12.4. The lowest BCUT2D eigenvalue weighted by Gasteiger charge is -2.11. The summed E-state index contributed by atoms with van der Waals surface area (Å²) in [6.07, 6.45) is 1.53. The highest BCUT2D eigenvalue weighted by atomic mass is 79.9. The number of carbonyl (C=O) groups is 1. The zero-order valence-electron chi connectivity index (χ0n) is 16.5. The number of urea groups is 1. The van der Waals surface area contributed by atoms with E-state index in [1.807, 2.05) is 67.6 Å². The van der Waals surface area contributed by atoms with Gasteiger partial charge in [-0.1, -0.05) is 46.3 Å². The van der Waals surface area contributed by atoms with E-state index in [-0.39, 0.29) is 0 Å². The molecule has 0 saturated heterocycles. The monoisotopic (exact) mass is 467 g/mol. The Morgan fingerprint density at radius 1 is 1.00 bits per heavy atom. The molecule has 3 aromatic carbocycles. The predicted molar refractivity (Wildman–Crippen MR) is 123 cm³/mol. The Kier molecular flexibility index (Phi) is 7.86. The number of para-hydroxylation sites is 1. The molecule has 3 rings (SSSR count). The number of hydrogen-bond acceptors (Lipinski definition) is 4. The maximum Gasteiger partial charge on any atom is 0.339 e. The molecule has 0 unspecified atom stereocenters. The van der Waals surface area contributed by atoms with Gasteiger partial charge in [0.2, 0.25) is 0 Å². The third-order valence-corrected chi connectivity index (χ3v) is 4.47. The summed E-state index contributed by atoms with van der Waals surface area (Å²) in [6.45, 7) is 2.80. The normalized spacial score (nSPS) is 10.6. The van der Waals surface area contributed by atoms with Crippen LogP contribution in [-0.2, 0) is 0 Å². The molecule has 0 saturated carbocycles. The molecule has 3 aromatic rings. The highest BCUT2D eigenvalue weighted by Crippen LogP contribution is 2.22. The predicted octanol–water partition coefficient (Wildman–Crippen LogP) is 5.37. The van der Waals surface area contributed by atoms with E-state index in [1.54, 1.807) is 12.1 Å². The minimum atomic E-state index is -0.429. The van der Waals surface area contributed by atoms with Crippen molar-refractivity contribution in [3.8, 4) is 11.5 Å². The molecule has 0 spiro atoms. The fourth-order valence-corrected chi connectivity index (χ4v) is 2.99. The molecular weight excluding hydrogens is 446 g/mol. The number of amides is 2. The first kappa shape index (κ1) is 21.4. The van der Waals surface area contributed by atoms with Crippen LogP contribution in [0.3, 0.4) is 0 Å². The van der Waals surface area contributed by atoms with Crippen molar-refractivity contribution in [1.29, 1.82) is 0 Å². The van der Waals surface area contributed by atoms with Crippen LogP contribution in [0.2, 0.25) is 0 Å². The van der Waals surface area contributed by atoms with Gasteiger partial charge in [-0.25, -0.2) is 10.2 Å². The van der Waals surface area contributed by atoms with E-state index in [2.05, 4.69) is 31.8 Å². The molecule has 2 N–H and O–H groups in total. The number of rotatable bonds is 8. The van der Waals surface area contributed by atoms with Crippen molar-refractivity contribution >= 4 is 33.9 Å². The first-order chi connectivity index (χ1) is 14.6. The zero-order valence-corrected chi connectivity index (χ0v) is 18.1. The van der Waals surface area contributed by atoms with Crippen molar-refractivity contribution in [2.75, 3.05) is 18.5 Å². The number of hydrogen-bond donors (Lipinski definition) is 2. The van der Waals surface area contributed by atoms with Gasteiger partial charge in [0.05, 0.1) is 6.21 Å². The SMILES string of the molecule is Cc1cccc(OCCOc2ccc(Br)cc2/C=N\NC(=O)Nc2ccccc2)c1. The van der Waals surface area contributed by atoms with E-state index in [0.29, 0.717) is 24.7 Å². The van der Waals surface area contributed by atoms with Gasteiger partial charge in [0.1, 0.15) is 24.7 Å². The van der Waals surface area contributed by atoms with Gasteiger partial charge >= 0.3 is 6.03 Å². The fraction of sp³-hybridized carbons (Fsp3) is 0.130. The number of nitrogens with zero attached hydrogens (tertiary/aromatic N) is 1. The molecular formula is C23H22BrN3O3. The van der Waals surface area contributed by atoms with Crippen molar-refractivity contribution in [3.63, 3.8) is 0 Å². The number of nitrogens with one attached hydrogen (secondary N) is 2. The van der Waals surface area contributed by atoms with Crippen LogP contribution in [0.1, 0.15) is 11.1 Å². The van der Waals surface area contributed by atoms with Crippen LogP contribution >= 0.6 is 15.9 Å². The molecule has 7 heteroatoms. The second-order valence-corrected chi connectivity index (χ2v) is 7.30. The van der Waals surface area contributed by atoms with Crippen LogP contribution in [0.5, 0.6) is 11.5 Å². The summed E-state index contributed by atoms with van der Waals surface area (Å²) in [5.74, 6) is 1.45. The Bertz CT molecular complexity index is 1010. The van der Waals surface area contributed by atoms with Crippen molar-refractivity contribution in [2.24, 2.45) is 5.10 Å². The van der Waals surface area contributed by atoms with E-state index < -0.39 is 6.03 Å². The molecule has 0 bridgehead atoms. The largest absolute Gasteiger partial charge is 0.490 e. The third kappa shape index (κ3) is 6.93. The summed E-state index contributed by atoms with van der Waals surface area (Å²) in [4.78, 5) is 11.9. The van der Waals surface area contributed by atoms with Crippen molar-refractivity contribution in [3.05, 3.63) is 88.4 Å². The van der Waals surface area contributed by atoms with E-state index in [0.717, 1.165) is 21.3 Å². The third-order valence-electron chi connectivity index (χ3n) is 3.97. The van der Waals surface area contributed by atoms with Crippen LogP contribution in [0.4, 0.5) is 10.5 Å². The van der Waals surface area contributed by atoms with Gasteiger partial charge in [0, 0.05) is 15.7 Å². The number of hydrazone groups is 1. The van der Waals surface area contributed by atoms with Gasteiger partial charge in [0.15, 0.2) is 0 Å². The summed E-state index contributed by atoms with van der Waals surface area (Å²) in [7, 11) is 0. The van der Waals surface area contributed by atoms with Gasteiger partial charge in [-0.05, 0) is 55.0 Å².